The Labute approximate surface area is 85.5 Å². The van der Waals surface area contributed by atoms with E-state index in [4.69, 9.17) is 4.55 Å². The third-order valence-corrected chi connectivity index (χ3v) is 2.06. The molecule has 1 unspecified atom stereocenters. The fourth-order valence-electron chi connectivity index (χ4n) is 0.766. The topological polar surface area (TPSA) is 46.5 Å². The molecule has 0 aliphatic heterocycles. The fraction of sp³-hybridized carbons (Fsp3) is 0. The minimum absolute atomic E-state index is 0.0625. The van der Waals surface area contributed by atoms with Crippen molar-refractivity contribution in [2.75, 3.05) is 0 Å². The van der Waals surface area contributed by atoms with E-state index in [0.717, 1.165) is 24.3 Å². The van der Waals surface area contributed by atoms with Crippen molar-refractivity contribution in [1.29, 1.82) is 0 Å². The summed E-state index contributed by atoms with van der Waals surface area (Å²) in [4.78, 5) is 0.0625. The molecule has 1 rings (SSSR count). The molecule has 0 aliphatic carbocycles. The van der Waals surface area contributed by atoms with E-state index in [1.807, 2.05) is 0 Å². The number of rotatable bonds is 3. The first kappa shape index (κ1) is 11.7. The number of benzene rings is 1. The van der Waals surface area contributed by atoms with Crippen molar-refractivity contribution in [2.45, 2.75) is 4.90 Å². The van der Waals surface area contributed by atoms with Gasteiger partial charge in [-0.25, -0.2) is 4.21 Å². The van der Waals surface area contributed by atoms with Gasteiger partial charge < -0.3 is 9.29 Å². The summed E-state index contributed by atoms with van der Waals surface area (Å²) in [6.07, 6.45) is -2.56. The van der Waals surface area contributed by atoms with Gasteiger partial charge in [0.1, 0.15) is 5.75 Å². The SMILES string of the molecule is O=S(O)c1ccc(OC(F)=C(F)F)cc1. The van der Waals surface area contributed by atoms with Crippen molar-refractivity contribution in [1.82, 2.24) is 0 Å². The number of halogens is 3. The maximum absolute atomic E-state index is 12.3. The van der Waals surface area contributed by atoms with E-state index < -0.39 is 23.2 Å². The fourth-order valence-corrected chi connectivity index (χ4v) is 1.14. The molecule has 0 bridgehead atoms. The minimum Gasteiger partial charge on any atom is -0.428 e. The van der Waals surface area contributed by atoms with Gasteiger partial charge in [0.25, 0.3) is 0 Å². The minimum atomic E-state index is -2.56. The lowest BCUT2D eigenvalue weighted by Crippen LogP contribution is -1.92. The molecular weight excluding hydrogens is 233 g/mol. The predicted molar refractivity (Wildman–Crippen MR) is 46.5 cm³/mol. The number of hydrogen-bond acceptors (Lipinski definition) is 2. The zero-order chi connectivity index (χ0) is 11.4. The Morgan fingerprint density at radius 3 is 2.13 bits per heavy atom. The second-order valence-electron chi connectivity index (χ2n) is 2.36. The van der Waals surface area contributed by atoms with Crippen molar-refractivity contribution >= 4 is 11.1 Å². The van der Waals surface area contributed by atoms with Crippen LogP contribution in [0.3, 0.4) is 0 Å². The van der Waals surface area contributed by atoms with Gasteiger partial charge in [-0.05, 0) is 24.3 Å². The predicted octanol–water partition coefficient (Wildman–Crippen LogP) is 2.68. The van der Waals surface area contributed by atoms with E-state index in [9.17, 15) is 17.4 Å². The van der Waals surface area contributed by atoms with Gasteiger partial charge in [0.15, 0.2) is 11.1 Å². The van der Waals surface area contributed by atoms with Crippen LogP contribution in [0, 0.1) is 0 Å². The summed E-state index contributed by atoms with van der Waals surface area (Å²) in [6, 6.07) is 2.54. The second-order valence-corrected chi connectivity index (χ2v) is 3.33. The molecule has 1 aromatic carbocycles. The first-order valence-electron chi connectivity index (χ1n) is 3.60. The molecule has 0 spiro atoms. The van der Waals surface area contributed by atoms with Gasteiger partial charge in [0.05, 0.1) is 4.90 Å². The Morgan fingerprint density at radius 2 is 1.73 bits per heavy atom. The van der Waals surface area contributed by atoms with Gasteiger partial charge in [-0.3, -0.25) is 0 Å². The summed E-state index contributed by atoms with van der Waals surface area (Å²) in [7, 11) is 0. The normalized spacial score (nSPS) is 12.0. The highest BCUT2D eigenvalue weighted by Gasteiger charge is 2.08. The van der Waals surface area contributed by atoms with Gasteiger partial charge in [0, 0.05) is 0 Å². The smallest absolute Gasteiger partial charge is 0.344 e. The van der Waals surface area contributed by atoms with Crippen LogP contribution in [0.1, 0.15) is 0 Å². The molecule has 0 aliphatic rings. The Balaban J connectivity index is 2.82. The lowest BCUT2D eigenvalue weighted by atomic mass is 10.3. The van der Waals surface area contributed by atoms with Crippen LogP contribution in [-0.4, -0.2) is 8.76 Å². The standard InChI is InChI=1S/C8H5F3O3S/c9-7(10)8(11)14-5-1-3-6(4-2-5)15(12)13/h1-4H,(H,12,13). The Morgan fingerprint density at radius 1 is 1.20 bits per heavy atom. The lowest BCUT2D eigenvalue weighted by molar-refractivity contribution is 0.241. The van der Waals surface area contributed by atoms with Crippen molar-refractivity contribution in [2.24, 2.45) is 0 Å². The third kappa shape index (κ3) is 3.37. The summed E-state index contributed by atoms with van der Waals surface area (Å²) in [5.74, 6) is -0.186. The average Bonchev–Trinajstić information content (AvgIpc) is 2.18. The van der Waals surface area contributed by atoms with Crippen molar-refractivity contribution in [3.05, 3.63) is 36.4 Å². The Bertz CT molecular complexity index is 398. The molecule has 1 N–H and O–H groups in total. The highest BCUT2D eigenvalue weighted by atomic mass is 32.2. The first-order valence-corrected chi connectivity index (χ1v) is 4.71. The van der Waals surface area contributed by atoms with E-state index in [-0.39, 0.29) is 10.6 Å². The zero-order valence-electron chi connectivity index (χ0n) is 7.12. The van der Waals surface area contributed by atoms with Gasteiger partial charge in [-0.2, -0.15) is 13.2 Å². The summed E-state index contributed by atoms with van der Waals surface area (Å²) < 4.78 is 58.7. The quantitative estimate of drug-likeness (QED) is 0.650. The van der Waals surface area contributed by atoms with E-state index in [0.29, 0.717) is 0 Å². The third-order valence-electron chi connectivity index (χ3n) is 1.38. The highest BCUT2D eigenvalue weighted by molar-refractivity contribution is 7.79. The molecule has 0 saturated heterocycles. The van der Waals surface area contributed by atoms with Crippen LogP contribution in [-0.2, 0) is 11.1 Å². The number of ether oxygens (including phenoxy) is 1. The van der Waals surface area contributed by atoms with Crippen LogP contribution in [0.4, 0.5) is 13.2 Å². The van der Waals surface area contributed by atoms with Crippen LogP contribution >= 0.6 is 0 Å². The lowest BCUT2D eigenvalue weighted by Gasteiger charge is -2.01. The zero-order valence-corrected chi connectivity index (χ0v) is 7.93. The van der Waals surface area contributed by atoms with Crippen molar-refractivity contribution < 1.29 is 26.7 Å². The molecule has 0 aromatic heterocycles. The first-order chi connectivity index (χ1) is 7.00. The molecule has 0 fully saturated rings. The molecule has 0 saturated carbocycles. The van der Waals surface area contributed by atoms with Gasteiger partial charge in [0.2, 0.25) is 0 Å². The van der Waals surface area contributed by atoms with E-state index >= 15 is 0 Å². The van der Waals surface area contributed by atoms with Crippen molar-refractivity contribution in [3.8, 4) is 5.75 Å². The number of hydrogen-bond donors (Lipinski definition) is 1. The summed E-state index contributed by atoms with van der Waals surface area (Å²) >= 11 is -2.17. The molecule has 82 valence electrons. The molecule has 15 heavy (non-hydrogen) atoms. The summed E-state index contributed by atoms with van der Waals surface area (Å²) in [5, 5.41) is 0. The molecule has 7 heteroatoms. The summed E-state index contributed by atoms with van der Waals surface area (Å²) in [6.45, 7) is 0. The monoisotopic (exact) mass is 238 g/mol. The van der Waals surface area contributed by atoms with Crippen LogP contribution < -0.4 is 4.74 Å². The van der Waals surface area contributed by atoms with Crippen LogP contribution in [0.2, 0.25) is 0 Å². The van der Waals surface area contributed by atoms with Crippen LogP contribution in [0.25, 0.3) is 0 Å². The van der Waals surface area contributed by atoms with Crippen LogP contribution in [0.15, 0.2) is 41.3 Å². The molecule has 1 atom stereocenters. The Kier molecular flexibility index (Phi) is 3.87. The summed E-state index contributed by atoms with van der Waals surface area (Å²) in [5.41, 5.74) is 0. The van der Waals surface area contributed by atoms with Gasteiger partial charge in [-0.1, -0.05) is 0 Å². The van der Waals surface area contributed by atoms with E-state index in [1.165, 1.54) is 0 Å². The molecule has 0 amide bonds. The largest absolute Gasteiger partial charge is 0.428 e. The Hall–Kier alpha value is -1.34. The maximum atomic E-state index is 12.3. The van der Waals surface area contributed by atoms with E-state index in [1.54, 1.807) is 0 Å². The molecule has 0 radical (unpaired) electrons. The molecule has 3 nitrogen and oxygen atoms in total. The molecule has 0 heterocycles. The van der Waals surface area contributed by atoms with Crippen molar-refractivity contribution in [3.63, 3.8) is 0 Å². The highest BCUT2D eigenvalue weighted by Crippen LogP contribution is 2.19. The second kappa shape index (κ2) is 4.94. The van der Waals surface area contributed by atoms with Crippen LogP contribution in [0.5, 0.6) is 5.75 Å². The van der Waals surface area contributed by atoms with Gasteiger partial charge in [-0.15, -0.1) is 0 Å². The van der Waals surface area contributed by atoms with Gasteiger partial charge >= 0.3 is 12.1 Å². The average molecular weight is 238 g/mol. The van der Waals surface area contributed by atoms with E-state index in [2.05, 4.69) is 4.74 Å². The molecule has 1 aromatic rings. The molecular formula is C8H5F3O3S. The maximum Gasteiger partial charge on any atom is 0.344 e.